The molecule has 0 aliphatic heterocycles. The molecule has 1 amide bonds. The van der Waals surface area contributed by atoms with Crippen LogP contribution in [0.3, 0.4) is 0 Å². The lowest BCUT2D eigenvalue weighted by atomic mass is 9.94. The summed E-state index contributed by atoms with van der Waals surface area (Å²) in [6.45, 7) is 0. The first kappa shape index (κ1) is 13.0. The Morgan fingerprint density at radius 2 is 1.83 bits per heavy atom. The second kappa shape index (κ2) is 5.96. The molecule has 3 N–H and O–H groups in total. The van der Waals surface area contributed by atoms with Crippen molar-refractivity contribution in [2.24, 2.45) is 5.73 Å². The molecule has 1 aliphatic rings. The highest BCUT2D eigenvalue weighted by Crippen LogP contribution is 2.21. The predicted molar refractivity (Wildman–Crippen MR) is 68.3 cm³/mol. The molecule has 98 valence electrons. The van der Waals surface area contributed by atoms with Crippen LogP contribution in [0, 0.1) is 5.82 Å². The van der Waals surface area contributed by atoms with Gasteiger partial charge in [0.1, 0.15) is 11.9 Å². The number of hydrogen-bond acceptors (Lipinski definition) is 2. The van der Waals surface area contributed by atoms with E-state index in [1.165, 1.54) is 31.4 Å². The van der Waals surface area contributed by atoms with Gasteiger partial charge in [0.15, 0.2) is 0 Å². The highest BCUT2D eigenvalue weighted by molar-refractivity contribution is 5.81. The number of halogens is 1. The zero-order valence-corrected chi connectivity index (χ0v) is 10.4. The average Bonchev–Trinajstić information content (AvgIpc) is 2.38. The summed E-state index contributed by atoms with van der Waals surface area (Å²) in [4.78, 5) is 11.5. The summed E-state index contributed by atoms with van der Waals surface area (Å²) in [5.41, 5.74) is 6.16. The lowest BCUT2D eigenvalue weighted by Gasteiger charge is -2.27. The molecule has 0 spiro atoms. The van der Waals surface area contributed by atoms with Crippen molar-refractivity contribution in [3.05, 3.63) is 35.6 Å². The van der Waals surface area contributed by atoms with Crippen LogP contribution in [0.1, 0.15) is 43.7 Å². The van der Waals surface area contributed by atoms with Gasteiger partial charge in [-0.1, -0.05) is 31.4 Å². The minimum absolute atomic E-state index is 0.306. The molecule has 1 aliphatic carbocycles. The fourth-order valence-electron chi connectivity index (χ4n) is 2.50. The molecule has 0 radical (unpaired) electrons. The summed E-state index contributed by atoms with van der Waals surface area (Å²) in [5, 5.41) is 3.29. The molecule has 4 heteroatoms. The van der Waals surface area contributed by atoms with E-state index >= 15 is 0 Å². The van der Waals surface area contributed by atoms with Crippen LogP contribution in [0.15, 0.2) is 24.3 Å². The van der Waals surface area contributed by atoms with Crippen molar-refractivity contribution in [3.63, 3.8) is 0 Å². The van der Waals surface area contributed by atoms with Crippen LogP contribution in [0.2, 0.25) is 0 Å². The summed E-state index contributed by atoms with van der Waals surface area (Å²) in [6.07, 6.45) is 5.78. The third-order valence-electron chi connectivity index (χ3n) is 3.50. The van der Waals surface area contributed by atoms with Crippen molar-refractivity contribution >= 4 is 5.91 Å². The zero-order chi connectivity index (χ0) is 13.0. The summed E-state index contributed by atoms with van der Waals surface area (Å²) in [6, 6.07) is 5.75. The predicted octanol–water partition coefficient (Wildman–Crippen LogP) is 2.27. The maximum atomic E-state index is 12.9. The molecule has 0 saturated heterocycles. The van der Waals surface area contributed by atoms with E-state index in [0.717, 1.165) is 18.4 Å². The molecule has 1 saturated carbocycles. The van der Waals surface area contributed by atoms with E-state index in [9.17, 15) is 9.18 Å². The highest BCUT2D eigenvalue weighted by Gasteiger charge is 2.22. The number of carbonyl (C=O) groups is 1. The van der Waals surface area contributed by atoms with Crippen molar-refractivity contribution in [2.45, 2.75) is 44.2 Å². The molecule has 1 atom stereocenters. The average molecular weight is 250 g/mol. The first-order chi connectivity index (χ1) is 8.66. The Bertz CT molecular complexity index is 399. The molecular formula is C14H19FN2O. The summed E-state index contributed by atoms with van der Waals surface area (Å²) in [5.74, 6) is -0.716. The number of nitrogens with one attached hydrogen (secondary N) is 1. The van der Waals surface area contributed by atoms with E-state index in [1.54, 1.807) is 12.1 Å². The summed E-state index contributed by atoms with van der Waals surface area (Å²) < 4.78 is 12.9. The molecule has 2 rings (SSSR count). The van der Waals surface area contributed by atoms with Gasteiger partial charge in [0, 0.05) is 6.04 Å². The third kappa shape index (κ3) is 3.29. The number of hydrogen-bond donors (Lipinski definition) is 2. The number of carbonyl (C=O) groups excluding carboxylic acids is 1. The molecule has 0 bridgehead atoms. The first-order valence-electron chi connectivity index (χ1n) is 6.47. The van der Waals surface area contributed by atoms with Gasteiger partial charge in [-0.15, -0.1) is 0 Å². The molecule has 0 heterocycles. The lowest BCUT2D eigenvalue weighted by Crippen LogP contribution is -2.40. The number of amides is 1. The maximum absolute atomic E-state index is 12.9. The zero-order valence-electron chi connectivity index (χ0n) is 10.4. The van der Waals surface area contributed by atoms with E-state index < -0.39 is 11.9 Å². The SMILES string of the molecule is NC(=O)[C@H](NC1CCCCC1)c1ccc(F)cc1. The lowest BCUT2D eigenvalue weighted by molar-refractivity contribution is -0.120. The fourth-order valence-corrected chi connectivity index (χ4v) is 2.50. The van der Waals surface area contributed by atoms with Gasteiger partial charge in [0.05, 0.1) is 0 Å². The van der Waals surface area contributed by atoms with Crippen LogP contribution in [-0.2, 0) is 4.79 Å². The first-order valence-corrected chi connectivity index (χ1v) is 6.47. The van der Waals surface area contributed by atoms with Gasteiger partial charge in [0.25, 0.3) is 0 Å². The summed E-state index contributed by atoms with van der Waals surface area (Å²) >= 11 is 0. The quantitative estimate of drug-likeness (QED) is 0.861. The van der Waals surface area contributed by atoms with E-state index in [4.69, 9.17) is 5.73 Å². The van der Waals surface area contributed by atoms with E-state index in [0.29, 0.717) is 6.04 Å². The van der Waals surface area contributed by atoms with Crippen LogP contribution < -0.4 is 11.1 Å². The molecule has 1 fully saturated rings. The standard InChI is InChI=1S/C14H19FN2O/c15-11-8-6-10(7-9-11)13(14(16)18)17-12-4-2-1-3-5-12/h6-9,12-13,17H,1-5H2,(H2,16,18)/t13-/m1/s1. The van der Waals surface area contributed by atoms with Gasteiger partial charge in [-0.3, -0.25) is 10.1 Å². The molecule has 1 aromatic rings. The molecule has 18 heavy (non-hydrogen) atoms. The van der Waals surface area contributed by atoms with Crippen LogP contribution in [-0.4, -0.2) is 11.9 Å². The largest absolute Gasteiger partial charge is 0.368 e. The number of benzene rings is 1. The Labute approximate surface area is 107 Å². The van der Waals surface area contributed by atoms with Gasteiger partial charge >= 0.3 is 0 Å². The van der Waals surface area contributed by atoms with E-state index in [2.05, 4.69) is 5.32 Å². The maximum Gasteiger partial charge on any atom is 0.239 e. The molecular weight excluding hydrogens is 231 g/mol. The normalized spacial score (nSPS) is 18.5. The smallest absolute Gasteiger partial charge is 0.239 e. The van der Waals surface area contributed by atoms with E-state index in [-0.39, 0.29) is 5.82 Å². The van der Waals surface area contributed by atoms with Gasteiger partial charge < -0.3 is 5.73 Å². The second-order valence-corrected chi connectivity index (χ2v) is 4.89. The van der Waals surface area contributed by atoms with Gasteiger partial charge in [-0.2, -0.15) is 0 Å². The second-order valence-electron chi connectivity index (χ2n) is 4.89. The number of nitrogens with two attached hydrogens (primary N) is 1. The van der Waals surface area contributed by atoms with Gasteiger partial charge in [0.2, 0.25) is 5.91 Å². The molecule has 0 aromatic heterocycles. The van der Waals surface area contributed by atoms with Crippen LogP contribution in [0.25, 0.3) is 0 Å². The van der Waals surface area contributed by atoms with Crippen molar-refractivity contribution in [2.75, 3.05) is 0 Å². The Morgan fingerprint density at radius 1 is 1.22 bits per heavy atom. The highest BCUT2D eigenvalue weighted by atomic mass is 19.1. The number of rotatable bonds is 4. The van der Waals surface area contributed by atoms with Crippen LogP contribution in [0.4, 0.5) is 4.39 Å². The van der Waals surface area contributed by atoms with Crippen LogP contribution in [0.5, 0.6) is 0 Å². The molecule has 0 unspecified atom stereocenters. The Balaban J connectivity index is 2.07. The fraction of sp³-hybridized carbons (Fsp3) is 0.500. The Morgan fingerprint density at radius 3 is 2.39 bits per heavy atom. The Hall–Kier alpha value is -1.42. The third-order valence-corrected chi connectivity index (χ3v) is 3.50. The Kier molecular flexibility index (Phi) is 4.31. The molecule has 1 aromatic carbocycles. The monoisotopic (exact) mass is 250 g/mol. The van der Waals surface area contributed by atoms with E-state index in [1.807, 2.05) is 0 Å². The van der Waals surface area contributed by atoms with Gasteiger partial charge in [-0.25, -0.2) is 4.39 Å². The van der Waals surface area contributed by atoms with Crippen LogP contribution >= 0.6 is 0 Å². The minimum Gasteiger partial charge on any atom is -0.368 e. The van der Waals surface area contributed by atoms with Crippen molar-refractivity contribution in [1.29, 1.82) is 0 Å². The van der Waals surface area contributed by atoms with Gasteiger partial charge in [-0.05, 0) is 30.5 Å². The van der Waals surface area contributed by atoms with Crippen molar-refractivity contribution < 1.29 is 9.18 Å². The molecule has 3 nitrogen and oxygen atoms in total. The topological polar surface area (TPSA) is 55.1 Å². The van der Waals surface area contributed by atoms with Crippen molar-refractivity contribution in [1.82, 2.24) is 5.32 Å². The van der Waals surface area contributed by atoms with Crippen molar-refractivity contribution in [3.8, 4) is 0 Å². The summed E-state index contributed by atoms with van der Waals surface area (Å²) in [7, 11) is 0. The minimum atomic E-state index is -0.520. The number of primary amides is 1.